The van der Waals surface area contributed by atoms with Gasteiger partial charge in [0.05, 0.1) is 12.2 Å². The molecule has 7 heteroatoms. The van der Waals surface area contributed by atoms with E-state index in [9.17, 15) is 9.59 Å². The van der Waals surface area contributed by atoms with Crippen molar-refractivity contribution in [1.29, 1.82) is 0 Å². The molecule has 0 saturated carbocycles. The van der Waals surface area contributed by atoms with Gasteiger partial charge in [-0.25, -0.2) is 0 Å². The van der Waals surface area contributed by atoms with Crippen molar-refractivity contribution >= 4 is 17.5 Å². The molecule has 7 nitrogen and oxygen atoms in total. The van der Waals surface area contributed by atoms with Gasteiger partial charge in [-0.1, -0.05) is 0 Å². The average molecular weight is 430 g/mol. The van der Waals surface area contributed by atoms with Crippen LogP contribution in [0.1, 0.15) is 39.5 Å². The minimum Gasteiger partial charge on any atom is -0.484 e. The third-order valence-corrected chi connectivity index (χ3v) is 6.56. The van der Waals surface area contributed by atoms with Crippen molar-refractivity contribution in [2.24, 2.45) is 5.92 Å². The van der Waals surface area contributed by atoms with Crippen LogP contribution in [-0.2, 0) is 14.3 Å². The molecule has 0 aromatic heterocycles. The topological polar surface area (TPSA) is 62.3 Å². The molecular weight excluding hydrogens is 394 g/mol. The van der Waals surface area contributed by atoms with Crippen LogP contribution in [0, 0.1) is 5.92 Å². The summed E-state index contributed by atoms with van der Waals surface area (Å²) in [5.41, 5.74) is 0.896. The van der Waals surface area contributed by atoms with E-state index in [1.807, 2.05) is 29.2 Å². The second-order valence-electron chi connectivity index (χ2n) is 9.23. The normalized spacial score (nSPS) is 25.8. The van der Waals surface area contributed by atoms with Crippen LogP contribution in [0.25, 0.3) is 0 Å². The molecule has 2 unspecified atom stereocenters. The van der Waals surface area contributed by atoms with Crippen LogP contribution in [0.3, 0.4) is 0 Å². The van der Waals surface area contributed by atoms with Crippen molar-refractivity contribution in [1.82, 2.24) is 9.80 Å². The highest BCUT2D eigenvalue weighted by molar-refractivity contribution is 5.95. The second-order valence-corrected chi connectivity index (χ2v) is 9.23. The zero-order valence-electron chi connectivity index (χ0n) is 18.8. The van der Waals surface area contributed by atoms with Crippen LogP contribution in [0.4, 0.5) is 5.69 Å². The highest BCUT2D eigenvalue weighted by Crippen LogP contribution is 2.24. The largest absolute Gasteiger partial charge is 0.484 e. The van der Waals surface area contributed by atoms with E-state index < -0.39 is 0 Å². The SMILES string of the molecule is CC1CN(CC2CCN(C(=O)COc3ccc(N4CCCC4=O)cc3)CC2)CC(C)O1. The zero-order chi connectivity index (χ0) is 21.8. The number of morpholine rings is 1. The van der Waals surface area contributed by atoms with Gasteiger partial charge in [0.25, 0.3) is 5.91 Å². The summed E-state index contributed by atoms with van der Waals surface area (Å²) < 4.78 is 11.5. The number of hydrogen-bond acceptors (Lipinski definition) is 5. The number of rotatable bonds is 6. The van der Waals surface area contributed by atoms with Crippen LogP contribution in [0.5, 0.6) is 5.75 Å². The number of hydrogen-bond donors (Lipinski definition) is 0. The van der Waals surface area contributed by atoms with Crippen LogP contribution in [0.2, 0.25) is 0 Å². The van der Waals surface area contributed by atoms with Crippen molar-refractivity contribution in [3.63, 3.8) is 0 Å². The fraction of sp³-hybridized carbons (Fsp3) is 0.667. The number of anilines is 1. The Morgan fingerprint density at radius 1 is 1.06 bits per heavy atom. The number of amides is 2. The van der Waals surface area contributed by atoms with Crippen LogP contribution < -0.4 is 9.64 Å². The molecule has 2 amide bonds. The van der Waals surface area contributed by atoms with Crippen molar-refractivity contribution < 1.29 is 19.1 Å². The Hall–Kier alpha value is -2.12. The van der Waals surface area contributed by atoms with E-state index >= 15 is 0 Å². The maximum absolute atomic E-state index is 12.6. The maximum Gasteiger partial charge on any atom is 0.260 e. The first-order valence-corrected chi connectivity index (χ1v) is 11.7. The third kappa shape index (κ3) is 5.77. The number of ether oxygens (including phenoxy) is 2. The molecular formula is C24H35N3O4. The number of carbonyl (C=O) groups excluding carboxylic acids is 2. The highest BCUT2D eigenvalue weighted by Gasteiger charge is 2.28. The Balaban J connectivity index is 1.18. The smallest absolute Gasteiger partial charge is 0.260 e. The molecule has 1 aromatic rings. The van der Waals surface area contributed by atoms with Gasteiger partial charge in [-0.15, -0.1) is 0 Å². The first kappa shape index (κ1) is 22.1. The Kier molecular flexibility index (Phi) is 7.13. The van der Waals surface area contributed by atoms with Gasteiger partial charge in [-0.05, 0) is 63.3 Å². The van der Waals surface area contributed by atoms with E-state index in [-0.39, 0.29) is 18.4 Å². The zero-order valence-corrected chi connectivity index (χ0v) is 18.8. The number of piperidine rings is 1. The summed E-state index contributed by atoms with van der Waals surface area (Å²) in [4.78, 5) is 30.7. The van der Waals surface area contributed by atoms with E-state index in [2.05, 4.69) is 18.7 Å². The summed E-state index contributed by atoms with van der Waals surface area (Å²) in [7, 11) is 0. The second kappa shape index (κ2) is 10.0. The van der Waals surface area contributed by atoms with Crippen LogP contribution in [0.15, 0.2) is 24.3 Å². The summed E-state index contributed by atoms with van der Waals surface area (Å²) in [5, 5.41) is 0. The molecule has 170 valence electrons. The van der Waals surface area contributed by atoms with Crippen molar-refractivity contribution in [3.05, 3.63) is 24.3 Å². The number of carbonyl (C=O) groups is 2. The van der Waals surface area contributed by atoms with Gasteiger partial charge >= 0.3 is 0 Å². The Bertz CT molecular complexity index is 751. The van der Waals surface area contributed by atoms with Gasteiger partial charge in [-0.3, -0.25) is 14.5 Å². The van der Waals surface area contributed by atoms with Crippen LogP contribution >= 0.6 is 0 Å². The fourth-order valence-electron chi connectivity index (χ4n) is 5.04. The minimum absolute atomic E-state index is 0.0471. The first-order valence-electron chi connectivity index (χ1n) is 11.7. The molecule has 3 saturated heterocycles. The lowest BCUT2D eigenvalue weighted by Crippen LogP contribution is -2.49. The van der Waals surface area contributed by atoms with Gasteiger partial charge in [0.1, 0.15) is 5.75 Å². The van der Waals surface area contributed by atoms with Gasteiger partial charge in [-0.2, -0.15) is 0 Å². The summed E-state index contributed by atoms with van der Waals surface area (Å²) >= 11 is 0. The summed E-state index contributed by atoms with van der Waals surface area (Å²) in [5.74, 6) is 1.52. The lowest BCUT2D eigenvalue weighted by atomic mass is 9.95. The summed E-state index contributed by atoms with van der Waals surface area (Å²) in [6.07, 6.45) is 4.22. The molecule has 31 heavy (non-hydrogen) atoms. The van der Waals surface area contributed by atoms with E-state index in [4.69, 9.17) is 9.47 Å². The van der Waals surface area contributed by atoms with Gasteiger partial charge in [0.2, 0.25) is 5.91 Å². The predicted octanol–water partition coefficient (Wildman–Crippen LogP) is 2.54. The maximum atomic E-state index is 12.6. The number of benzene rings is 1. The average Bonchev–Trinajstić information content (AvgIpc) is 3.18. The Morgan fingerprint density at radius 3 is 2.35 bits per heavy atom. The standard InChI is InChI=1S/C24H35N3O4/c1-18-14-25(15-19(2)31-18)16-20-9-12-26(13-10-20)24(29)17-30-22-7-5-21(6-8-22)27-11-3-4-23(27)28/h5-8,18-20H,3-4,9-17H2,1-2H3. The minimum atomic E-state index is 0.0471. The number of nitrogens with zero attached hydrogens (tertiary/aromatic N) is 3. The third-order valence-electron chi connectivity index (χ3n) is 6.56. The van der Waals surface area contributed by atoms with Crippen molar-refractivity contribution in [2.75, 3.05) is 50.8 Å². The van der Waals surface area contributed by atoms with Gasteiger partial charge in [0.15, 0.2) is 6.61 Å². The predicted molar refractivity (Wildman–Crippen MR) is 119 cm³/mol. The molecule has 0 N–H and O–H groups in total. The highest BCUT2D eigenvalue weighted by atomic mass is 16.5. The molecule has 2 atom stereocenters. The summed E-state index contributed by atoms with van der Waals surface area (Å²) in [6.45, 7) is 9.83. The molecule has 3 fully saturated rings. The van der Waals surface area contributed by atoms with Gasteiger partial charge < -0.3 is 19.3 Å². The lowest BCUT2D eigenvalue weighted by Gasteiger charge is -2.39. The molecule has 0 bridgehead atoms. The molecule has 3 heterocycles. The molecule has 0 spiro atoms. The van der Waals surface area contributed by atoms with E-state index in [1.54, 1.807) is 4.90 Å². The fourth-order valence-corrected chi connectivity index (χ4v) is 5.04. The van der Waals surface area contributed by atoms with Crippen molar-refractivity contribution in [3.8, 4) is 5.75 Å². The number of likely N-dealkylation sites (tertiary alicyclic amines) is 1. The molecule has 3 aliphatic rings. The first-order chi connectivity index (χ1) is 15.0. The Morgan fingerprint density at radius 2 is 1.74 bits per heavy atom. The van der Waals surface area contributed by atoms with E-state index in [0.29, 0.717) is 30.3 Å². The quantitative estimate of drug-likeness (QED) is 0.696. The van der Waals surface area contributed by atoms with Crippen LogP contribution in [-0.4, -0.2) is 79.7 Å². The lowest BCUT2D eigenvalue weighted by molar-refractivity contribution is -0.135. The molecule has 3 aliphatic heterocycles. The Labute approximate surface area is 185 Å². The van der Waals surface area contributed by atoms with E-state index in [0.717, 1.165) is 64.2 Å². The molecule has 0 aliphatic carbocycles. The van der Waals surface area contributed by atoms with Crippen molar-refractivity contribution in [2.45, 2.75) is 51.7 Å². The van der Waals surface area contributed by atoms with Gasteiger partial charge in [0, 0.05) is 51.4 Å². The molecule has 4 rings (SSSR count). The van der Waals surface area contributed by atoms with E-state index in [1.165, 1.54) is 0 Å². The molecule has 1 aromatic carbocycles. The monoisotopic (exact) mass is 429 g/mol. The summed E-state index contributed by atoms with van der Waals surface area (Å²) in [6, 6.07) is 7.46. The molecule has 0 radical (unpaired) electrons.